The van der Waals surface area contributed by atoms with Gasteiger partial charge in [0.15, 0.2) is 22.5 Å². The minimum Gasteiger partial charge on any atom is -0.493 e. The van der Waals surface area contributed by atoms with Crippen LogP contribution in [0.4, 0.5) is 0 Å². The smallest absolute Gasteiger partial charge is 0.197 e. The van der Waals surface area contributed by atoms with Crippen molar-refractivity contribution in [1.29, 1.82) is 0 Å². The van der Waals surface area contributed by atoms with E-state index in [1.54, 1.807) is 26.4 Å². The summed E-state index contributed by atoms with van der Waals surface area (Å²) < 4.78 is 16.9. The van der Waals surface area contributed by atoms with E-state index in [2.05, 4.69) is 4.90 Å². The Bertz CT molecular complexity index is 1480. The van der Waals surface area contributed by atoms with Crippen LogP contribution >= 0.6 is 34.8 Å². The SMILES string of the molecule is COc1cc2c(cc1OC)[C@H](c1cccc(Cl)c1)N(Cc1coc3c(Cl)cc(Cl)cc3c1=O)CC2. The van der Waals surface area contributed by atoms with Gasteiger partial charge in [0, 0.05) is 28.7 Å². The molecule has 0 radical (unpaired) electrons. The van der Waals surface area contributed by atoms with Crippen molar-refractivity contribution in [2.75, 3.05) is 20.8 Å². The molecule has 1 aromatic heterocycles. The summed E-state index contributed by atoms with van der Waals surface area (Å²) in [6, 6.07) is 14.8. The Morgan fingerprint density at radius 3 is 2.51 bits per heavy atom. The van der Waals surface area contributed by atoms with Crippen LogP contribution in [0.1, 0.15) is 28.3 Å². The highest BCUT2D eigenvalue weighted by Crippen LogP contribution is 2.42. The molecule has 5 nitrogen and oxygen atoms in total. The Morgan fingerprint density at radius 2 is 1.77 bits per heavy atom. The van der Waals surface area contributed by atoms with Gasteiger partial charge < -0.3 is 13.9 Å². The van der Waals surface area contributed by atoms with Crippen molar-refractivity contribution >= 4 is 45.8 Å². The van der Waals surface area contributed by atoms with E-state index in [1.165, 1.54) is 6.26 Å². The summed E-state index contributed by atoms with van der Waals surface area (Å²) in [5.41, 5.74) is 3.95. The topological polar surface area (TPSA) is 51.9 Å². The van der Waals surface area contributed by atoms with E-state index in [0.717, 1.165) is 23.1 Å². The Labute approximate surface area is 217 Å². The van der Waals surface area contributed by atoms with Gasteiger partial charge in [-0.25, -0.2) is 0 Å². The minimum atomic E-state index is -0.157. The Balaban J connectivity index is 1.62. The van der Waals surface area contributed by atoms with Gasteiger partial charge in [-0.05, 0) is 59.5 Å². The molecule has 0 fully saturated rings. The van der Waals surface area contributed by atoms with Gasteiger partial charge >= 0.3 is 0 Å². The Morgan fingerprint density at radius 1 is 1.00 bits per heavy atom. The average Bonchev–Trinajstić information content (AvgIpc) is 2.84. The fraction of sp³-hybridized carbons (Fsp3) is 0.222. The van der Waals surface area contributed by atoms with Crippen LogP contribution in [0.5, 0.6) is 11.5 Å². The summed E-state index contributed by atoms with van der Waals surface area (Å²) in [6.07, 6.45) is 2.27. The molecule has 180 valence electrons. The molecule has 0 unspecified atom stereocenters. The highest BCUT2D eigenvalue weighted by Gasteiger charge is 2.31. The molecule has 4 aromatic rings. The molecule has 1 aliphatic rings. The predicted molar refractivity (Wildman–Crippen MR) is 139 cm³/mol. The number of hydrogen-bond acceptors (Lipinski definition) is 5. The molecule has 1 aliphatic heterocycles. The van der Waals surface area contributed by atoms with Crippen LogP contribution in [0.2, 0.25) is 15.1 Å². The highest BCUT2D eigenvalue weighted by molar-refractivity contribution is 6.38. The number of nitrogens with zero attached hydrogens (tertiary/aromatic N) is 1. The molecule has 5 rings (SSSR count). The fourth-order valence-corrected chi connectivity index (χ4v) is 5.51. The van der Waals surface area contributed by atoms with E-state index in [9.17, 15) is 4.79 Å². The molecule has 2 heterocycles. The average molecular weight is 531 g/mol. The lowest BCUT2D eigenvalue weighted by molar-refractivity contribution is 0.201. The molecule has 0 bridgehead atoms. The zero-order valence-electron chi connectivity index (χ0n) is 19.1. The van der Waals surface area contributed by atoms with Gasteiger partial charge in [0.1, 0.15) is 0 Å². The fourth-order valence-electron chi connectivity index (χ4n) is 4.77. The maximum Gasteiger partial charge on any atom is 0.197 e. The molecule has 0 amide bonds. The molecule has 1 atom stereocenters. The van der Waals surface area contributed by atoms with Crippen LogP contribution in [-0.2, 0) is 13.0 Å². The number of halogens is 3. The Kier molecular flexibility index (Phi) is 6.69. The first-order valence-corrected chi connectivity index (χ1v) is 12.2. The molecule has 0 aliphatic carbocycles. The normalized spacial score (nSPS) is 15.7. The number of fused-ring (bicyclic) bond motifs is 2. The first-order valence-electron chi connectivity index (χ1n) is 11.0. The van der Waals surface area contributed by atoms with Crippen molar-refractivity contribution < 1.29 is 13.9 Å². The first-order chi connectivity index (χ1) is 16.9. The van der Waals surface area contributed by atoms with Gasteiger partial charge in [0.25, 0.3) is 0 Å². The summed E-state index contributed by atoms with van der Waals surface area (Å²) in [5.74, 6) is 1.34. The standard InChI is InChI=1S/C27H22Cl3NO4/c1-33-23-9-15-6-7-31(13-17-14-35-27-21(26(17)32)10-19(29)11-22(27)30)25(20(15)12-24(23)34-2)16-4-3-5-18(28)8-16/h3-5,8-12,14,25H,6-7,13H2,1-2H3/t25-/m0/s1. The van der Waals surface area contributed by atoms with E-state index >= 15 is 0 Å². The quantitative estimate of drug-likeness (QED) is 0.280. The van der Waals surface area contributed by atoms with Crippen LogP contribution in [0.25, 0.3) is 11.0 Å². The van der Waals surface area contributed by atoms with Crippen molar-refractivity contribution in [3.8, 4) is 11.5 Å². The third-order valence-electron chi connectivity index (χ3n) is 6.38. The summed E-state index contributed by atoms with van der Waals surface area (Å²) in [7, 11) is 3.25. The lowest BCUT2D eigenvalue weighted by Crippen LogP contribution is -2.37. The number of ether oxygens (including phenoxy) is 2. The largest absolute Gasteiger partial charge is 0.493 e. The summed E-state index contributed by atoms with van der Waals surface area (Å²) in [4.78, 5) is 15.6. The Hall–Kier alpha value is -2.70. The van der Waals surface area contributed by atoms with Gasteiger partial charge in [0.05, 0.1) is 36.9 Å². The molecule has 0 N–H and O–H groups in total. The summed E-state index contributed by atoms with van der Waals surface area (Å²) in [6.45, 7) is 1.08. The highest BCUT2D eigenvalue weighted by atomic mass is 35.5. The summed E-state index contributed by atoms with van der Waals surface area (Å²) in [5, 5.41) is 1.70. The van der Waals surface area contributed by atoms with Gasteiger partial charge in [0.2, 0.25) is 0 Å². The number of benzene rings is 3. The van der Waals surface area contributed by atoms with Crippen molar-refractivity contribution in [2.45, 2.75) is 19.0 Å². The third kappa shape index (κ3) is 4.50. The van der Waals surface area contributed by atoms with Gasteiger partial charge in [-0.3, -0.25) is 9.69 Å². The molecular formula is C27H22Cl3NO4. The van der Waals surface area contributed by atoms with Crippen molar-refractivity contribution in [1.82, 2.24) is 4.90 Å². The van der Waals surface area contributed by atoms with E-state index in [1.807, 2.05) is 36.4 Å². The zero-order valence-corrected chi connectivity index (χ0v) is 21.4. The maximum atomic E-state index is 13.4. The second kappa shape index (κ2) is 9.75. The zero-order chi connectivity index (χ0) is 24.7. The van der Waals surface area contributed by atoms with Crippen molar-refractivity contribution in [3.05, 3.63) is 102 Å². The van der Waals surface area contributed by atoms with Crippen LogP contribution < -0.4 is 14.9 Å². The molecule has 0 saturated carbocycles. The van der Waals surface area contributed by atoms with Crippen molar-refractivity contribution in [3.63, 3.8) is 0 Å². The van der Waals surface area contributed by atoms with Gasteiger partial charge in [-0.15, -0.1) is 0 Å². The summed E-state index contributed by atoms with van der Waals surface area (Å²) >= 11 is 18.8. The van der Waals surface area contributed by atoms with Crippen LogP contribution in [0, 0.1) is 0 Å². The minimum absolute atomic E-state index is 0.154. The van der Waals surface area contributed by atoms with E-state index in [-0.39, 0.29) is 11.5 Å². The van der Waals surface area contributed by atoms with Gasteiger partial charge in [-0.2, -0.15) is 0 Å². The first kappa shape index (κ1) is 24.0. The van der Waals surface area contributed by atoms with Crippen LogP contribution in [0.15, 0.2) is 64.0 Å². The molecule has 3 aromatic carbocycles. The third-order valence-corrected chi connectivity index (χ3v) is 7.11. The monoisotopic (exact) mass is 529 g/mol. The molecule has 0 spiro atoms. The maximum absolute atomic E-state index is 13.4. The van der Waals surface area contributed by atoms with E-state index in [4.69, 9.17) is 48.7 Å². The van der Waals surface area contributed by atoms with Gasteiger partial charge in [-0.1, -0.05) is 46.9 Å². The lowest BCUT2D eigenvalue weighted by Gasteiger charge is -2.38. The molecule has 0 saturated heterocycles. The number of methoxy groups -OCH3 is 2. The van der Waals surface area contributed by atoms with E-state index in [0.29, 0.717) is 56.2 Å². The number of hydrogen-bond donors (Lipinski definition) is 0. The second-order valence-corrected chi connectivity index (χ2v) is 9.72. The molecule has 35 heavy (non-hydrogen) atoms. The van der Waals surface area contributed by atoms with Crippen molar-refractivity contribution in [2.24, 2.45) is 0 Å². The molecular weight excluding hydrogens is 509 g/mol. The van der Waals surface area contributed by atoms with Crippen LogP contribution in [-0.4, -0.2) is 25.7 Å². The number of rotatable bonds is 5. The second-order valence-electron chi connectivity index (χ2n) is 8.44. The van der Waals surface area contributed by atoms with Crippen LogP contribution in [0.3, 0.4) is 0 Å². The molecule has 8 heteroatoms. The predicted octanol–water partition coefficient (Wildman–Crippen LogP) is 6.92. The van der Waals surface area contributed by atoms with E-state index < -0.39 is 0 Å². The lowest BCUT2D eigenvalue weighted by atomic mass is 9.87.